The average Bonchev–Trinajstić information content (AvgIpc) is 3.45. The topological polar surface area (TPSA) is 223 Å². The van der Waals surface area contributed by atoms with Gasteiger partial charge >= 0.3 is 5.97 Å². The first kappa shape index (κ1) is 31.7. The molecule has 0 unspecified atom stereocenters. The maximum atomic E-state index is 13.9. The van der Waals surface area contributed by atoms with Gasteiger partial charge in [0.15, 0.2) is 0 Å². The highest BCUT2D eigenvalue weighted by Gasteiger charge is 2.48. The lowest BCUT2D eigenvalue weighted by Gasteiger charge is -2.32. The van der Waals surface area contributed by atoms with Crippen molar-refractivity contribution in [2.75, 3.05) is 18.8 Å². The molecule has 3 atom stereocenters. The standard InChI is InChI=1S/C25H34N6O9S/c32-21(28-19(14-41)23(34)35)13-26-22(33)18(11-15-5-2-1-3-6-15)29-24(36)25(9-4-10-27-25)17-8-7-16(30(37)38)12-20(17)31(39)40/h7-8,12,15,18-19,27,41H,1-6,9-11,13-14H2,(H,26,33)(H,28,32)(H,29,36)(H,34,35)/t18-,19-,25+/m0/s1. The molecule has 0 aromatic heterocycles. The Balaban J connectivity index is 1.85. The number of hydrogen-bond acceptors (Lipinski definition) is 10. The number of nitrogens with one attached hydrogen (secondary N) is 4. The van der Waals surface area contributed by atoms with Crippen LogP contribution in [0, 0.1) is 26.1 Å². The first-order valence-corrected chi connectivity index (χ1v) is 14.0. The summed E-state index contributed by atoms with van der Waals surface area (Å²) in [6.07, 6.45) is 5.60. The van der Waals surface area contributed by atoms with Crippen LogP contribution in [0.3, 0.4) is 0 Å². The van der Waals surface area contributed by atoms with Crippen molar-refractivity contribution in [3.05, 3.63) is 44.0 Å². The van der Waals surface area contributed by atoms with Crippen LogP contribution < -0.4 is 21.3 Å². The molecule has 1 aromatic carbocycles. The summed E-state index contributed by atoms with van der Waals surface area (Å²) in [7, 11) is 0. The number of amides is 3. The predicted molar refractivity (Wildman–Crippen MR) is 148 cm³/mol. The Bertz CT molecular complexity index is 1180. The molecule has 1 aliphatic carbocycles. The first-order valence-electron chi connectivity index (χ1n) is 13.4. The lowest BCUT2D eigenvalue weighted by atomic mass is 9.83. The molecular formula is C25H34N6O9S. The highest BCUT2D eigenvalue weighted by atomic mass is 32.1. The molecule has 2 fully saturated rings. The van der Waals surface area contributed by atoms with Crippen LogP contribution >= 0.6 is 12.6 Å². The van der Waals surface area contributed by atoms with Crippen LogP contribution in [0.4, 0.5) is 11.4 Å². The van der Waals surface area contributed by atoms with Gasteiger partial charge in [-0.05, 0) is 37.8 Å². The maximum absolute atomic E-state index is 13.9. The van der Waals surface area contributed by atoms with Crippen molar-refractivity contribution in [3.8, 4) is 0 Å². The molecule has 3 rings (SSSR count). The van der Waals surface area contributed by atoms with E-state index in [0.29, 0.717) is 13.0 Å². The average molecular weight is 595 g/mol. The van der Waals surface area contributed by atoms with Gasteiger partial charge in [0.25, 0.3) is 11.4 Å². The maximum Gasteiger partial charge on any atom is 0.327 e. The zero-order valence-corrected chi connectivity index (χ0v) is 23.2. The molecule has 2 aliphatic rings. The van der Waals surface area contributed by atoms with E-state index in [0.717, 1.165) is 44.2 Å². The van der Waals surface area contributed by atoms with Gasteiger partial charge in [0, 0.05) is 11.8 Å². The van der Waals surface area contributed by atoms with E-state index in [1.54, 1.807) is 0 Å². The van der Waals surface area contributed by atoms with E-state index in [1.807, 2.05) is 0 Å². The number of hydrogen-bond donors (Lipinski definition) is 6. The Hall–Kier alpha value is -3.79. The van der Waals surface area contributed by atoms with Crippen LogP contribution in [-0.2, 0) is 24.7 Å². The molecule has 0 spiro atoms. The number of carbonyl (C=O) groups excluding carboxylic acids is 3. The second-order valence-electron chi connectivity index (χ2n) is 10.3. The number of carboxylic acids is 1. The Morgan fingerprint density at radius 2 is 1.76 bits per heavy atom. The van der Waals surface area contributed by atoms with Gasteiger partial charge in [0.2, 0.25) is 17.7 Å². The van der Waals surface area contributed by atoms with Crippen molar-refractivity contribution in [2.24, 2.45) is 5.92 Å². The Morgan fingerprint density at radius 1 is 1.05 bits per heavy atom. The molecule has 0 radical (unpaired) electrons. The molecule has 1 aliphatic heterocycles. The highest BCUT2D eigenvalue weighted by Crippen LogP contribution is 2.39. The van der Waals surface area contributed by atoms with E-state index >= 15 is 0 Å². The van der Waals surface area contributed by atoms with Crippen molar-refractivity contribution in [1.82, 2.24) is 21.3 Å². The molecule has 41 heavy (non-hydrogen) atoms. The molecule has 15 nitrogen and oxygen atoms in total. The third-order valence-corrected chi connectivity index (χ3v) is 7.91. The summed E-state index contributed by atoms with van der Waals surface area (Å²) in [5.74, 6) is -3.43. The zero-order chi connectivity index (χ0) is 30.2. The van der Waals surface area contributed by atoms with Gasteiger partial charge in [0.05, 0.1) is 28.0 Å². The van der Waals surface area contributed by atoms with E-state index < -0.39 is 69.1 Å². The fourth-order valence-corrected chi connectivity index (χ4v) is 5.67. The monoisotopic (exact) mass is 594 g/mol. The van der Waals surface area contributed by atoms with Crippen molar-refractivity contribution in [1.29, 1.82) is 0 Å². The van der Waals surface area contributed by atoms with Crippen LogP contribution in [0.5, 0.6) is 0 Å². The normalized spacial score (nSPS) is 20.4. The third-order valence-electron chi connectivity index (χ3n) is 7.55. The van der Waals surface area contributed by atoms with Gasteiger partial charge in [-0.3, -0.25) is 39.9 Å². The Morgan fingerprint density at radius 3 is 2.32 bits per heavy atom. The Labute approximate surface area is 240 Å². The molecule has 1 saturated heterocycles. The van der Waals surface area contributed by atoms with Crippen LogP contribution in [0.15, 0.2) is 18.2 Å². The van der Waals surface area contributed by atoms with Crippen molar-refractivity contribution in [2.45, 2.75) is 69.0 Å². The van der Waals surface area contributed by atoms with Crippen molar-refractivity contribution < 1.29 is 34.1 Å². The number of nitro benzene ring substituents is 2. The lowest BCUT2D eigenvalue weighted by Crippen LogP contribution is -2.58. The molecule has 16 heteroatoms. The molecule has 3 amide bonds. The van der Waals surface area contributed by atoms with E-state index in [9.17, 15) is 39.4 Å². The number of thiol groups is 1. The second kappa shape index (κ2) is 14.2. The van der Waals surface area contributed by atoms with Gasteiger partial charge < -0.3 is 21.1 Å². The fourth-order valence-electron chi connectivity index (χ4n) is 5.43. The molecular weight excluding hydrogens is 560 g/mol. The SMILES string of the molecule is O=C(CNC(=O)[C@H](CC1CCCCC1)NC(=O)[C@]1(c2ccc([N+](=O)[O-])cc2[N+](=O)[O-])CCCN1)N[C@@H](CS)C(=O)O. The fraction of sp³-hybridized carbons (Fsp3) is 0.600. The summed E-state index contributed by atoms with van der Waals surface area (Å²) in [4.78, 5) is 72.1. The summed E-state index contributed by atoms with van der Waals surface area (Å²) in [6, 6.07) is 0.762. The summed E-state index contributed by atoms with van der Waals surface area (Å²) < 4.78 is 0. The minimum Gasteiger partial charge on any atom is -0.480 e. The van der Waals surface area contributed by atoms with E-state index in [4.69, 9.17) is 5.11 Å². The van der Waals surface area contributed by atoms with Crippen molar-refractivity contribution in [3.63, 3.8) is 0 Å². The van der Waals surface area contributed by atoms with Gasteiger partial charge in [-0.1, -0.05) is 32.1 Å². The largest absolute Gasteiger partial charge is 0.480 e. The number of carboxylic acid groups (broad SMARTS) is 1. The van der Waals surface area contributed by atoms with E-state index in [-0.39, 0.29) is 30.1 Å². The molecule has 5 N–H and O–H groups in total. The third kappa shape index (κ3) is 7.91. The summed E-state index contributed by atoms with van der Waals surface area (Å²) in [5, 5.41) is 42.7. The minimum atomic E-state index is -1.61. The molecule has 1 aromatic rings. The smallest absolute Gasteiger partial charge is 0.327 e. The Kier molecular flexibility index (Phi) is 11.0. The zero-order valence-electron chi connectivity index (χ0n) is 22.3. The van der Waals surface area contributed by atoms with E-state index in [1.165, 1.54) is 6.07 Å². The predicted octanol–water partition coefficient (Wildman–Crippen LogP) is 1.15. The summed E-state index contributed by atoms with van der Waals surface area (Å²) in [6.45, 7) is -0.193. The first-order chi connectivity index (χ1) is 19.5. The minimum absolute atomic E-state index is 0.0502. The van der Waals surface area contributed by atoms with Crippen LogP contribution in [0.2, 0.25) is 0 Å². The number of nitro groups is 2. The number of rotatable bonds is 13. The molecule has 224 valence electrons. The van der Waals surface area contributed by atoms with Crippen LogP contribution in [0.25, 0.3) is 0 Å². The van der Waals surface area contributed by atoms with Gasteiger partial charge in [0.1, 0.15) is 17.6 Å². The molecule has 1 heterocycles. The number of aliphatic carboxylic acids is 1. The van der Waals surface area contributed by atoms with Gasteiger partial charge in [-0.25, -0.2) is 4.79 Å². The van der Waals surface area contributed by atoms with E-state index in [2.05, 4.69) is 33.9 Å². The van der Waals surface area contributed by atoms with Gasteiger partial charge in [-0.15, -0.1) is 0 Å². The number of non-ortho nitro benzene ring substituents is 1. The van der Waals surface area contributed by atoms with Crippen LogP contribution in [0.1, 0.15) is 56.9 Å². The molecule has 1 saturated carbocycles. The number of nitrogens with zero attached hydrogens (tertiary/aromatic N) is 2. The number of carbonyl (C=O) groups is 4. The molecule has 0 bridgehead atoms. The number of benzene rings is 1. The quantitative estimate of drug-likeness (QED) is 0.109. The van der Waals surface area contributed by atoms with Gasteiger partial charge in [-0.2, -0.15) is 12.6 Å². The summed E-state index contributed by atoms with van der Waals surface area (Å²) >= 11 is 3.89. The summed E-state index contributed by atoms with van der Waals surface area (Å²) in [5.41, 5.74) is -2.75. The second-order valence-corrected chi connectivity index (χ2v) is 10.6. The van der Waals surface area contributed by atoms with Crippen LogP contribution in [-0.4, -0.2) is 69.6 Å². The van der Waals surface area contributed by atoms with Crippen molar-refractivity contribution >= 4 is 47.7 Å². The highest BCUT2D eigenvalue weighted by molar-refractivity contribution is 7.80. The lowest BCUT2D eigenvalue weighted by molar-refractivity contribution is -0.394.